The SMILES string of the molecule is O=C(c1cccc(S(=O)(=O)NCc2nccs2)c1)N1CCOCC1. The molecule has 1 saturated heterocycles. The van der Waals surface area contributed by atoms with Crippen molar-refractivity contribution in [1.82, 2.24) is 14.6 Å². The molecule has 1 fully saturated rings. The van der Waals surface area contributed by atoms with E-state index in [1.165, 1.54) is 23.5 Å². The fraction of sp³-hybridized carbons (Fsp3) is 0.333. The Kier molecular flexibility index (Phi) is 5.24. The summed E-state index contributed by atoms with van der Waals surface area (Å²) in [4.78, 5) is 18.2. The van der Waals surface area contributed by atoms with Crippen LogP contribution in [0.2, 0.25) is 0 Å². The van der Waals surface area contributed by atoms with Gasteiger partial charge >= 0.3 is 0 Å². The van der Waals surface area contributed by atoms with Crippen LogP contribution in [0.4, 0.5) is 0 Å². The molecule has 1 N–H and O–H groups in total. The highest BCUT2D eigenvalue weighted by Crippen LogP contribution is 2.15. The Hall–Kier alpha value is -1.81. The molecule has 24 heavy (non-hydrogen) atoms. The monoisotopic (exact) mass is 367 g/mol. The molecule has 0 bridgehead atoms. The minimum Gasteiger partial charge on any atom is -0.378 e. The summed E-state index contributed by atoms with van der Waals surface area (Å²) in [6, 6.07) is 6.07. The van der Waals surface area contributed by atoms with Gasteiger partial charge in [-0.15, -0.1) is 11.3 Å². The van der Waals surface area contributed by atoms with Gasteiger partial charge in [-0.1, -0.05) is 6.07 Å². The Morgan fingerprint density at radius 2 is 2.12 bits per heavy atom. The number of hydrogen-bond acceptors (Lipinski definition) is 6. The second-order valence-corrected chi connectivity index (χ2v) is 7.93. The number of aromatic nitrogens is 1. The van der Waals surface area contributed by atoms with Crippen LogP contribution < -0.4 is 4.72 Å². The first-order chi connectivity index (χ1) is 11.6. The highest BCUT2D eigenvalue weighted by molar-refractivity contribution is 7.89. The Bertz CT molecular complexity index is 800. The second kappa shape index (κ2) is 7.39. The maximum absolute atomic E-state index is 12.5. The minimum atomic E-state index is -3.70. The van der Waals surface area contributed by atoms with Crippen molar-refractivity contribution in [3.63, 3.8) is 0 Å². The molecule has 0 atom stereocenters. The normalized spacial score (nSPS) is 15.4. The van der Waals surface area contributed by atoms with Gasteiger partial charge < -0.3 is 9.64 Å². The lowest BCUT2D eigenvalue weighted by molar-refractivity contribution is 0.0302. The third-order valence-corrected chi connectivity index (χ3v) is 5.76. The van der Waals surface area contributed by atoms with E-state index in [1.807, 2.05) is 0 Å². The Balaban J connectivity index is 1.75. The zero-order valence-electron chi connectivity index (χ0n) is 12.8. The van der Waals surface area contributed by atoms with Gasteiger partial charge in [0, 0.05) is 30.2 Å². The first-order valence-corrected chi connectivity index (χ1v) is 9.78. The second-order valence-electron chi connectivity index (χ2n) is 5.18. The van der Waals surface area contributed by atoms with E-state index in [1.54, 1.807) is 28.6 Å². The van der Waals surface area contributed by atoms with Crippen molar-refractivity contribution in [2.24, 2.45) is 0 Å². The largest absolute Gasteiger partial charge is 0.378 e. The number of thiazole rings is 1. The van der Waals surface area contributed by atoms with E-state index in [0.717, 1.165) is 0 Å². The Labute approximate surface area is 144 Å². The van der Waals surface area contributed by atoms with Gasteiger partial charge in [0.15, 0.2) is 0 Å². The molecule has 9 heteroatoms. The van der Waals surface area contributed by atoms with Crippen molar-refractivity contribution in [3.8, 4) is 0 Å². The molecule has 1 aromatic heterocycles. The van der Waals surface area contributed by atoms with Crippen molar-refractivity contribution >= 4 is 27.3 Å². The minimum absolute atomic E-state index is 0.0677. The van der Waals surface area contributed by atoms with E-state index < -0.39 is 10.0 Å². The summed E-state index contributed by atoms with van der Waals surface area (Å²) in [5.74, 6) is -0.185. The number of benzene rings is 1. The van der Waals surface area contributed by atoms with Crippen molar-refractivity contribution in [1.29, 1.82) is 0 Å². The Morgan fingerprint density at radius 3 is 2.83 bits per heavy atom. The number of carbonyl (C=O) groups excluding carboxylic acids is 1. The lowest BCUT2D eigenvalue weighted by Crippen LogP contribution is -2.40. The number of hydrogen-bond donors (Lipinski definition) is 1. The molecule has 0 unspecified atom stereocenters. The van der Waals surface area contributed by atoms with Crippen molar-refractivity contribution in [2.75, 3.05) is 26.3 Å². The first kappa shape index (κ1) is 17.0. The molecule has 2 heterocycles. The maximum Gasteiger partial charge on any atom is 0.254 e. The van der Waals surface area contributed by atoms with Gasteiger partial charge in [0.25, 0.3) is 5.91 Å². The summed E-state index contributed by atoms with van der Waals surface area (Å²) in [6.45, 7) is 2.15. The van der Waals surface area contributed by atoms with Gasteiger partial charge in [0.1, 0.15) is 5.01 Å². The molecule has 1 aliphatic rings. The zero-order chi connectivity index (χ0) is 17.0. The predicted molar refractivity (Wildman–Crippen MR) is 89.3 cm³/mol. The summed E-state index contributed by atoms with van der Waals surface area (Å²) in [6.07, 6.45) is 1.62. The lowest BCUT2D eigenvalue weighted by atomic mass is 10.2. The van der Waals surface area contributed by atoms with Gasteiger partial charge in [-0.2, -0.15) is 0 Å². The number of morpholine rings is 1. The topological polar surface area (TPSA) is 88.6 Å². The van der Waals surface area contributed by atoms with Crippen LogP contribution in [-0.2, 0) is 21.3 Å². The van der Waals surface area contributed by atoms with E-state index in [2.05, 4.69) is 9.71 Å². The van der Waals surface area contributed by atoms with Crippen LogP contribution in [0.5, 0.6) is 0 Å². The number of amides is 1. The summed E-state index contributed by atoms with van der Waals surface area (Å²) in [5, 5.41) is 2.46. The molecule has 0 saturated carbocycles. The molecule has 7 nitrogen and oxygen atoms in total. The molecule has 128 valence electrons. The Morgan fingerprint density at radius 1 is 1.33 bits per heavy atom. The van der Waals surface area contributed by atoms with E-state index in [9.17, 15) is 13.2 Å². The highest BCUT2D eigenvalue weighted by Gasteiger charge is 2.21. The molecule has 0 aliphatic carbocycles. The fourth-order valence-corrected chi connectivity index (χ4v) is 4.01. The van der Waals surface area contributed by atoms with Gasteiger partial charge in [-0.3, -0.25) is 4.79 Å². The predicted octanol–water partition coefficient (Wildman–Crippen LogP) is 1.09. The number of nitrogens with one attached hydrogen (secondary N) is 1. The van der Waals surface area contributed by atoms with Gasteiger partial charge in [0.2, 0.25) is 10.0 Å². The van der Waals surface area contributed by atoms with Crippen LogP contribution in [0.3, 0.4) is 0 Å². The van der Waals surface area contributed by atoms with E-state index in [4.69, 9.17) is 4.74 Å². The molecular formula is C15H17N3O4S2. The maximum atomic E-state index is 12.5. The van der Waals surface area contributed by atoms with Gasteiger partial charge in [-0.05, 0) is 18.2 Å². The van der Waals surface area contributed by atoms with E-state index >= 15 is 0 Å². The molecule has 1 aliphatic heterocycles. The molecule has 1 aromatic carbocycles. The average molecular weight is 367 g/mol. The van der Waals surface area contributed by atoms with E-state index in [0.29, 0.717) is 36.9 Å². The van der Waals surface area contributed by atoms with Gasteiger partial charge in [0.05, 0.1) is 24.7 Å². The highest BCUT2D eigenvalue weighted by atomic mass is 32.2. The van der Waals surface area contributed by atoms with Crippen LogP contribution in [0.15, 0.2) is 40.7 Å². The van der Waals surface area contributed by atoms with Crippen molar-refractivity contribution in [2.45, 2.75) is 11.4 Å². The molecular weight excluding hydrogens is 350 g/mol. The lowest BCUT2D eigenvalue weighted by Gasteiger charge is -2.27. The summed E-state index contributed by atoms with van der Waals surface area (Å²) in [7, 11) is -3.70. The molecule has 0 spiro atoms. The molecule has 3 rings (SSSR count). The van der Waals surface area contributed by atoms with Crippen LogP contribution in [0.25, 0.3) is 0 Å². The zero-order valence-corrected chi connectivity index (χ0v) is 14.5. The number of rotatable bonds is 5. The summed E-state index contributed by atoms with van der Waals surface area (Å²) < 4.78 is 32.5. The molecule has 2 aromatic rings. The smallest absolute Gasteiger partial charge is 0.254 e. The number of ether oxygens (including phenoxy) is 1. The fourth-order valence-electron chi connectivity index (χ4n) is 2.33. The molecule has 0 radical (unpaired) electrons. The summed E-state index contributed by atoms with van der Waals surface area (Å²) in [5.41, 5.74) is 0.356. The van der Waals surface area contributed by atoms with Crippen LogP contribution in [-0.4, -0.2) is 50.5 Å². The van der Waals surface area contributed by atoms with Crippen LogP contribution >= 0.6 is 11.3 Å². The molecule has 1 amide bonds. The quantitative estimate of drug-likeness (QED) is 0.855. The van der Waals surface area contributed by atoms with Gasteiger partial charge in [-0.25, -0.2) is 18.1 Å². The van der Waals surface area contributed by atoms with Crippen LogP contribution in [0, 0.1) is 0 Å². The van der Waals surface area contributed by atoms with E-state index in [-0.39, 0.29) is 17.3 Å². The van der Waals surface area contributed by atoms with Crippen LogP contribution in [0.1, 0.15) is 15.4 Å². The van der Waals surface area contributed by atoms with Crippen molar-refractivity contribution in [3.05, 3.63) is 46.4 Å². The third kappa shape index (κ3) is 3.99. The number of sulfonamides is 1. The first-order valence-electron chi connectivity index (χ1n) is 7.41. The van der Waals surface area contributed by atoms with Crippen molar-refractivity contribution < 1.29 is 17.9 Å². The summed E-state index contributed by atoms with van der Waals surface area (Å²) >= 11 is 1.37. The number of carbonyl (C=O) groups is 1. The average Bonchev–Trinajstić information content (AvgIpc) is 3.14. The standard InChI is InChI=1S/C15H17N3O4S2/c19-15(18-5-7-22-8-6-18)12-2-1-3-13(10-12)24(20,21)17-11-14-16-4-9-23-14/h1-4,9-10,17H,5-8,11H2. The third-order valence-electron chi connectivity index (χ3n) is 3.59. The number of nitrogens with zero attached hydrogens (tertiary/aromatic N) is 2.